The van der Waals surface area contributed by atoms with Gasteiger partial charge in [0.05, 0.1) is 11.7 Å². The topological polar surface area (TPSA) is 92.5 Å². The molecule has 1 saturated heterocycles. The van der Waals surface area contributed by atoms with E-state index in [1.165, 1.54) is 6.42 Å². The van der Waals surface area contributed by atoms with E-state index in [0.717, 1.165) is 12.8 Å². The van der Waals surface area contributed by atoms with Crippen LogP contribution in [-0.2, 0) is 14.8 Å². The van der Waals surface area contributed by atoms with Gasteiger partial charge in [0.2, 0.25) is 15.9 Å². The number of hydrogen-bond donors (Lipinski definition) is 2. The Morgan fingerprint density at radius 2 is 1.79 bits per heavy atom. The first kappa shape index (κ1) is 19.9. The fraction of sp³-hybridized carbons (Fsp3) is 0.938. The third-order valence-corrected chi connectivity index (χ3v) is 8.02. The molecule has 2 aliphatic carbocycles. The zero-order valence-electron chi connectivity index (χ0n) is 14.3. The van der Waals surface area contributed by atoms with Crippen LogP contribution in [0.3, 0.4) is 0 Å². The number of piperidine rings is 1. The third-order valence-electron chi connectivity index (χ3n) is 5.94. The summed E-state index contributed by atoms with van der Waals surface area (Å²) in [5, 5.41) is 3.14. The van der Waals surface area contributed by atoms with Crippen LogP contribution in [0.2, 0.25) is 0 Å². The van der Waals surface area contributed by atoms with E-state index in [4.69, 9.17) is 5.73 Å². The maximum atomic E-state index is 12.6. The Balaban J connectivity index is 0.00000208. The summed E-state index contributed by atoms with van der Waals surface area (Å²) in [6.07, 6.45) is 5.44. The monoisotopic (exact) mass is 379 g/mol. The van der Waals surface area contributed by atoms with Gasteiger partial charge in [0.1, 0.15) is 0 Å². The van der Waals surface area contributed by atoms with E-state index < -0.39 is 10.0 Å². The molecule has 24 heavy (non-hydrogen) atoms. The predicted molar refractivity (Wildman–Crippen MR) is 96.4 cm³/mol. The lowest BCUT2D eigenvalue weighted by molar-refractivity contribution is -0.128. The number of hydrogen-bond acceptors (Lipinski definition) is 4. The molecule has 4 unspecified atom stereocenters. The normalized spacial score (nSPS) is 34.1. The number of halogens is 1. The van der Waals surface area contributed by atoms with Gasteiger partial charge < -0.3 is 11.1 Å². The third kappa shape index (κ3) is 3.89. The Labute approximate surface area is 151 Å². The summed E-state index contributed by atoms with van der Waals surface area (Å²) >= 11 is 0. The highest BCUT2D eigenvalue weighted by atomic mass is 35.5. The Morgan fingerprint density at radius 3 is 2.33 bits per heavy atom. The highest BCUT2D eigenvalue weighted by Gasteiger charge is 2.49. The summed E-state index contributed by atoms with van der Waals surface area (Å²) < 4.78 is 25.7. The van der Waals surface area contributed by atoms with Gasteiger partial charge in [-0.1, -0.05) is 6.92 Å². The second-order valence-corrected chi connectivity index (χ2v) is 9.52. The van der Waals surface area contributed by atoms with Gasteiger partial charge in [-0.25, -0.2) is 12.7 Å². The lowest BCUT2D eigenvalue weighted by Gasteiger charge is -2.34. The molecule has 3 N–H and O–H groups in total. The minimum atomic E-state index is -3.12. The first-order valence-electron chi connectivity index (χ1n) is 8.96. The van der Waals surface area contributed by atoms with Gasteiger partial charge in [0.15, 0.2) is 0 Å². The molecule has 0 radical (unpaired) electrons. The van der Waals surface area contributed by atoms with Gasteiger partial charge in [-0.3, -0.25) is 4.79 Å². The fourth-order valence-corrected chi connectivity index (χ4v) is 6.23. The molecule has 140 valence electrons. The SMILES string of the molecule is CCCS(=O)(=O)N1CCC(NC(=O)C2C3CCC(C3)C2N)CC1.Cl. The summed E-state index contributed by atoms with van der Waals surface area (Å²) in [6, 6.07) is 0.0978. The van der Waals surface area contributed by atoms with Crippen LogP contribution in [-0.4, -0.2) is 49.6 Å². The largest absolute Gasteiger partial charge is 0.353 e. The predicted octanol–water partition coefficient (Wildman–Crippen LogP) is 1.10. The van der Waals surface area contributed by atoms with Gasteiger partial charge in [0.25, 0.3) is 0 Å². The van der Waals surface area contributed by atoms with Crippen molar-refractivity contribution in [2.45, 2.75) is 57.5 Å². The van der Waals surface area contributed by atoms with E-state index in [2.05, 4.69) is 5.32 Å². The van der Waals surface area contributed by atoms with E-state index in [9.17, 15) is 13.2 Å². The zero-order valence-corrected chi connectivity index (χ0v) is 15.9. The van der Waals surface area contributed by atoms with Crippen LogP contribution in [0.25, 0.3) is 0 Å². The number of nitrogens with two attached hydrogens (primary N) is 1. The van der Waals surface area contributed by atoms with Crippen molar-refractivity contribution in [2.75, 3.05) is 18.8 Å². The van der Waals surface area contributed by atoms with Crippen LogP contribution in [0.4, 0.5) is 0 Å². The molecule has 2 bridgehead atoms. The molecule has 4 atom stereocenters. The number of fused-ring (bicyclic) bond motifs is 2. The molecule has 8 heteroatoms. The van der Waals surface area contributed by atoms with Crippen LogP contribution in [0, 0.1) is 17.8 Å². The van der Waals surface area contributed by atoms with E-state index >= 15 is 0 Å². The summed E-state index contributed by atoms with van der Waals surface area (Å²) in [7, 11) is -3.12. The lowest BCUT2D eigenvalue weighted by Crippen LogP contribution is -2.51. The summed E-state index contributed by atoms with van der Waals surface area (Å²) in [5.74, 6) is 1.26. The summed E-state index contributed by atoms with van der Waals surface area (Å²) in [5.41, 5.74) is 6.23. The molecule has 3 aliphatic rings. The maximum Gasteiger partial charge on any atom is 0.225 e. The first-order chi connectivity index (χ1) is 10.9. The van der Waals surface area contributed by atoms with Crippen molar-refractivity contribution in [3.05, 3.63) is 0 Å². The first-order valence-corrected chi connectivity index (χ1v) is 10.6. The molecule has 6 nitrogen and oxygen atoms in total. The van der Waals surface area contributed by atoms with Crippen molar-refractivity contribution in [1.82, 2.24) is 9.62 Å². The Hall–Kier alpha value is -0.370. The Kier molecular flexibility index (Phi) is 6.56. The van der Waals surface area contributed by atoms with Crippen molar-refractivity contribution in [3.63, 3.8) is 0 Å². The number of amides is 1. The second-order valence-electron chi connectivity index (χ2n) is 7.43. The van der Waals surface area contributed by atoms with Crippen LogP contribution in [0.15, 0.2) is 0 Å². The minimum Gasteiger partial charge on any atom is -0.353 e. The zero-order chi connectivity index (χ0) is 16.6. The number of nitrogens with one attached hydrogen (secondary N) is 1. The number of nitrogens with zero attached hydrogens (tertiary/aromatic N) is 1. The highest BCUT2D eigenvalue weighted by Crippen LogP contribution is 2.47. The van der Waals surface area contributed by atoms with Crippen LogP contribution in [0.1, 0.15) is 45.4 Å². The number of carbonyl (C=O) groups excluding carboxylic acids is 1. The molecular formula is C16H30ClN3O3S. The molecule has 3 fully saturated rings. The number of carbonyl (C=O) groups is 1. The molecule has 2 saturated carbocycles. The summed E-state index contributed by atoms with van der Waals surface area (Å²) in [6.45, 7) is 2.90. The molecule has 1 amide bonds. The molecule has 0 aromatic rings. The van der Waals surface area contributed by atoms with Gasteiger partial charge in [0, 0.05) is 25.2 Å². The van der Waals surface area contributed by atoms with E-state index in [-0.39, 0.29) is 42.1 Å². The Morgan fingerprint density at radius 1 is 1.17 bits per heavy atom. The average Bonchev–Trinajstić information content (AvgIpc) is 3.08. The number of rotatable bonds is 5. The van der Waals surface area contributed by atoms with Gasteiger partial charge in [-0.2, -0.15) is 0 Å². The lowest BCUT2D eigenvalue weighted by atomic mass is 9.84. The van der Waals surface area contributed by atoms with Crippen LogP contribution >= 0.6 is 12.4 Å². The molecule has 3 rings (SSSR count). The van der Waals surface area contributed by atoms with Crippen LogP contribution in [0.5, 0.6) is 0 Å². The average molecular weight is 380 g/mol. The maximum absolute atomic E-state index is 12.6. The Bertz CT molecular complexity index is 547. The standard InChI is InChI=1S/C16H29N3O3S.ClH/c1-2-9-23(21,22)19-7-5-13(6-8-19)18-16(20)14-11-3-4-12(10-11)15(14)17;/h11-15H,2-10,17H2,1H3,(H,18,20);1H. The van der Waals surface area contributed by atoms with Crippen molar-refractivity contribution in [3.8, 4) is 0 Å². The fourth-order valence-electron chi connectivity index (χ4n) is 4.69. The van der Waals surface area contributed by atoms with Gasteiger partial charge >= 0.3 is 0 Å². The molecule has 0 aromatic carbocycles. The highest BCUT2D eigenvalue weighted by molar-refractivity contribution is 7.89. The second kappa shape index (κ2) is 7.89. The van der Waals surface area contributed by atoms with E-state index in [1.807, 2.05) is 6.92 Å². The van der Waals surface area contributed by atoms with Crippen LogP contribution < -0.4 is 11.1 Å². The molecule has 1 heterocycles. The van der Waals surface area contributed by atoms with Crippen molar-refractivity contribution in [2.24, 2.45) is 23.5 Å². The summed E-state index contributed by atoms with van der Waals surface area (Å²) in [4.78, 5) is 12.6. The van der Waals surface area contributed by atoms with E-state index in [0.29, 0.717) is 44.2 Å². The quantitative estimate of drug-likeness (QED) is 0.748. The smallest absolute Gasteiger partial charge is 0.225 e. The van der Waals surface area contributed by atoms with E-state index in [1.54, 1.807) is 4.31 Å². The number of sulfonamides is 1. The van der Waals surface area contributed by atoms with Crippen molar-refractivity contribution in [1.29, 1.82) is 0 Å². The molecular weight excluding hydrogens is 350 g/mol. The molecule has 0 spiro atoms. The van der Waals surface area contributed by atoms with Gasteiger partial charge in [-0.05, 0) is 50.4 Å². The molecule has 0 aromatic heterocycles. The molecule has 1 aliphatic heterocycles. The van der Waals surface area contributed by atoms with Crippen molar-refractivity contribution >= 4 is 28.3 Å². The van der Waals surface area contributed by atoms with Gasteiger partial charge in [-0.15, -0.1) is 12.4 Å². The van der Waals surface area contributed by atoms with Crippen molar-refractivity contribution < 1.29 is 13.2 Å². The minimum absolute atomic E-state index is 0.